The van der Waals surface area contributed by atoms with Gasteiger partial charge in [-0.25, -0.2) is 4.98 Å². The Hall–Kier alpha value is -2.68. The van der Waals surface area contributed by atoms with Crippen LogP contribution in [0.3, 0.4) is 0 Å². The molecule has 1 amide bonds. The molecule has 0 spiro atoms. The lowest BCUT2D eigenvalue weighted by Crippen LogP contribution is -2.31. The summed E-state index contributed by atoms with van der Waals surface area (Å²) < 4.78 is 52.3. The van der Waals surface area contributed by atoms with Crippen LogP contribution >= 0.6 is 11.6 Å². The molecule has 30 heavy (non-hydrogen) atoms. The molecule has 0 bridgehead atoms. The SMILES string of the molecule is COc1ccc(OC)c(C2CCCN2C(=O)c2cnc(OCC(F)(F)F)c(Cl)c2)c1. The second-order valence-electron chi connectivity index (χ2n) is 6.68. The van der Waals surface area contributed by atoms with E-state index in [4.69, 9.17) is 21.1 Å². The zero-order valence-electron chi connectivity index (χ0n) is 16.3. The normalized spacial score (nSPS) is 16.5. The number of amides is 1. The van der Waals surface area contributed by atoms with Gasteiger partial charge in [0.15, 0.2) is 6.61 Å². The molecule has 1 unspecified atom stereocenters. The zero-order chi connectivity index (χ0) is 21.9. The summed E-state index contributed by atoms with van der Waals surface area (Å²) in [5.41, 5.74) is 0.972. The number of carbonyl (C=O) groups is 1. The van der Waals surface area contributed by atoms with Crippen LogP contribution in [0.15, 0.2) is 30.5 Å². The van der Waals surface area contributed by atoms with Crippen LogP contribution < -0.4 is 14.2 Å². The first kappa shape index (κ1) is 22.0. The molecule has 1 saturated heterocycles. The molecule has 0 radical (unpaired) electrons. The van der Waals surface area contributed by atoms with Crippen molar-refractivity contribution in [3.05, 3.63) is 46.6 Å². The summed E-state index contributed by atoms with van der Waals surface area (Å²) in [6.07, 6.45) is -1.84. The second kappa shape index (κ2) is 8.99. The maximum absolute atomic E-state index is 13.1. The Kier molecular flexibility index (Phi) is 6.60. The first-order chi connectivity index (χ1) is 14.2. The Morgan fingerprint density at radius 3 is 2.67 bits per heavy atom. The van der Waals surface area contributed by atoms with E-state index in [9.17, 15) is 18.0 Å². The highest BCUT2D eigenvalue weighted by Crippen LogP contribution is 2.40. The van der Waals surface area contributed by atoms with Gasteiger partial charge in [-0.2, -0.15) is 13.2 Å². The van der Waals surface area contributed by atoms with E-state index >= 15 is 0 Å². The van der Waals surface area contributed by atoms with Crippen LogP contribution in [0.4, 0.5) is 13.2 Å². The van der Waals surface area contributed by atoms with Crippen molar-refractivity contribution >= 4 is 17.5 Å². The molecule has 6 nitrogen and oxygen atoms in total. The third kappa shape index (κ3) is 4.89. The summed E-state index contributed by atoms with van der Waals surface area (Å²) in [5.74, 6) is 0.561. The number of halogens is 4. The molecule has 10 heteroatoms. The highest BCUT2D eigenvalue weighted by Gasteiger charge is 2.33. The van der Waals surface area contributed by atoms with Gasteiger partial charge in [0.05, 0.1) is 25.8 Å². The summed E-state index contributed by atoms with van der Waals surface area (Å²) in [6.45, 7) is -1.01. The Balaban J connectivity index is 1.83. The van der Waals surface area contributed by atoms with Crippen molar-refractivity contribution in [2.45, 2.75) is 25.1 Å². The lowest BCUT2D eigenvalue weighted by Gasteiger charge is -2.27. The number of rotatable bonds is 6. The molecule has 1 aromatic heterocycles. The molecule has 0 N–H and O–H groups in total. The number of benzene rings is 1. The van der Waals surface area contributed by atoms with Crippen molar-refractivity contribution in [2.75, 3.05) is 27.4 Å². The van der Waals surface area contributed by atoms with Gasteiger partial charge >= 0.3 is 6.18 Å². The van der Waals surface area contributed by atoms with E-state index in [-0.39, 0.29) is 28.4 Å². The van der Waals surface area contributed by atoms with Crippen LogP contribution in [0.5, 0.6) is 17.4 Å². The van der Waals surface area contributed by atoms with Gasteiger partial charge in [-0.05, 0) is 37.1 Å². The number of likely N-dealkylation sites (tertiary alicyclic amines) is 1. The fraction of sp³-hybridized carbons (Fsp3) is 0.400. The summed E-state index contributed by atoms with van der Waals surface area (Å²) in [6, 6.07) is 6.39. The molecule has 1 aliphatic rings. The maximum atomic E-state index is 13.1. The average molecular weight is 445 g/mol. The van der Waals surface area contributed by atoms with E-state index in [1.54, 1.807) is 31.3 Å². The predicted molar refractivity (Wildman–Crippen MR) is 103 cm³/mol. The van der Waals surface area contributed by atoms with Gasteiger partial charge in [0.1, 0.15) is 16.5 Å². The van der Waals surface area contributed by atoms with Gasteiger partial charge in [-0.1, -0.05) is 11.6 Å². The van der Waals surface area contributed by atoms with Gasteiger partial charge in [-0.15, -0.1) is 0 Å². The number of methoxy groups -OCH3 is 2. The van der Waals surface area contributed by atoms with Crippen LogP contribution in [-0.2, 0) is 0 Å². The fourth-order valence-electron chi connectivity index (χ4n) is 3.40. The second-order valence-corrected chi connectivity index (χ2v) is 7.09. The molecule has 3 rings (SSSR count). The van der Waals surface area contributed by atoms with Crippen molar-refractivity contribution in [1.82, 2.24) is 9.88 Å². The summed E-state index contributed by atoms with van der Waals surface area (Å²) in [7, 11) is 3.11. The molecule has 162 valence electrons. The van der Waals surface area contributed by atoms with Gasteiger partial charge < -0.3 is 19.1 Å². The van der Waals surface area contributed by atoms with E-state index in [1.165, 1.54) is 6.07 Å². The lowest BCUT2D eigenvalue weighted by atomic mass is 10.0. The smallest absolute Gasteiger partial charge is 0.422 e. The molecule has 2 aromatic rings. The molecule has 1 aliphatic heterocycles. The molecular weight excluding hydrogens is 425 g/mol. The number of nitrogens with zero attached hydrogens (tertiary/aromatic N) is 2. The number of hydrogen-bond acceptors (Lipinski definition) is 5. The average Bonchev–Trinajstić information content (AvgIpc) is 3.20. The molecule has 1 atom stereocenters. The number of hydrogen-bond donors (Lipinski definition) is 0. The van der Waals surface area contributed by atoms with Crippen LogP contribution in [0.1, 0.15) is 34.8 Å². The Morgan fingerprint density at radius 2 is 2.03 bits per heavy atom. The van der Waals surface area contributed by atoms with Crippen LogP contribution in [0.2, 0.25) is 5.02 Å². The van der Waals surface area contributed by atoms with Crippen molar-refractivity contribution in [3.63, 3.8) is 0 Å². The quantitative estimate of drug-likeness (QED) is 0.648. The van der Waals surface area contributed by atoms with E-state index in [2.05, 4.69) is 9.72 Å². The highest BCUT2D eigenvalue weighted by atomic mass is 35.5. The molecule has 1 fully saturated rings. The van der Waals surface area contributed by atoms with E-state index in [0.717, 1.165) is 24.6 Å². The monoisotopic (exact) mass is 444 g/mol. The van der Waals surface area contributed by atoms with Crippen LogP contribution in [-0.4, -0.2) is 49.3 Å². The van der Waals surface area contributed by atoms with Gasteiger partial charge in [-0.3, -0.25) is 4.79 Å². The molecule has 1 aromatic carbocycles. The Morgan fingerprint density at radius 1 is 1.27 bits per heavy atom. The largest absolute Gasteiger partial charge is 0.497 e. The van der Waals surface area contributed by atoms with Gasteiger partial charge in [0, 0.05) is 18.3 Å². The standard InChI is InChI=1S/C20H20ClF3N2O4/c1-28-13-5-6-17(29-2)14(9-13)16-4-3-7-26(16)19(27)12-8-15(21)18(25-10-12)30-11-20(22,23)24/h5-6,8-10,16H,3-4,7,11H2,1-2H3. The number of carbonyl (C=O) groups excluding carboxylic acids is 1. The number of ether oxygens (including phenoxy) is 3. The zero-order valence-corrected chi connectivity index (χ0v) is 17.1. The van der Waals surface area contributed by atoms with E-state index < -0.39 is 12.8 Å². The number of pyridine rings is 1. The van der Waals surface area contributed by atoms with Gasteiger partial charge in [0.2, 0.25) is 5.88 Å². The van der Waals surface area contributed by atoms with Crippen molar-refractivity contribution in [2.24, 2.45) is 0 Å². The Labute approximate surface area is 176 Å². The van der Waals surface area contributed by atoms with Gasteiger partial charge in [0.25, 0.3) is 5.91 Å². The van der Waals surface area contributed by atoms with Crippen LogP contribution in [0, 0.1) is 0 Å². The third-order valence-electron chi connectivity index (χ3n) is 4.74. The van der Waals surface area contributed by atoms with E-state index in [0.29, 0.717) is 18.0 Å². The minimum atomic E-state index is -4.52. The van der Waals surface area contributed by atoms with Crippen molar-refractivity contribution in [1.29, 1.82) is 0 Å². The number of aromatic nitrogens is 1. The first-order valence-electron chi connectivity index (χ1n) is 9.11. The summed E-state index contributed by atoms with van der Waals surface area (Å²) >= 11 is 5.99. The minimum Gasteiger partial charge on any atom is -0.497 e. The predicted octanol–water partition coefficient (Wildman–Crippen LogP) is 4.67. The maximum Gasteiger partial charge on any atom is 0.422 e. The minimum absolute atomic E-state index is 0.160. The topological polar surface area (TPSA) is 60.9 Å². The third-order valence-corrected chi connectivity index (χ3v) is 5.01. The number of alkyl halides is 3. The van der Waals surface area contributed by atoms with Crippen LogP contribution in [0.25, 0.3) is 0 Å². The molecular formula is C20H20ClF3N2O4. The fourth-order valence-corrected chi connectivity index (χ4v) is 3.62. The van der Waals surface area contributed by atoms with E-state index in [1.807, 2.05) is 6.07 Å². The molecule has 0 saturated carbocycles. The first-order valence-corrected chi connectivity index (χ1v) is 9.49. The van der Waals surface area contributed by atoms with Crippen molar-refractivity contribution in [3.8, 4) is 17.4 Å². The van der Waals surface area contributed by atoms with Crippen molar-refractivity contribution < 1.29 is 32.2 Å². The Bertz CT molecular complexity index is 923. The molecule has 2 heterocycles. The summed E-state index contributed by atoms with van der Waals surface area (Å²) in [5, 5.41) is -0.167. The summed E-state index contributed by atoms with van der Waals surface area (Å²) in [4.78, 5) is 18.6. The lowest BCUT2D eigenvalue weighted by molar-refractivity contribution is -0.154. The highest BCUT2D eigenvalue weighted by molar-refractivity contribution is 6.32. The molecule has 0 aliphatic carbocycles.